The number of aliphatic hydroxyl groups excluding tert-OH is 1. The second kappa shape index (κ2) is 5.82. The van der Waals surface area contributed by atoms with Crippen LogP contribution in [-0.4, -0.2) is 37.5 Å². The van der Waals surface area contributed by atoms with Crippen LogP contribution < -0.4 is 0 Å². The molecule has 18 heavy (non-hydrogen) atoms. The first-order chi connectivity index (χ1) is 8.34. The maximum Gasteiger partial charge on any atom is 0.243 e. The molecule has 4 nitrogen and oxygen atoms in total. The van der Waals surface area contributed by atoms with Gasteiger partial charge in [0.2, 0.25) is 10.0 Å². The molecule has 0 aliphatic heterocycles. The number of hydrogen-bond donors (Lipinski definition) is 1. The van der Waals surface area contributed by atoms with Gasteiger partial charge in [0.25, 0.3) is 0 Å². The Morgan fingerprint density at radius 2 is 1.67 bits per heavy atom. The van der Waals surface area contributed by atoms with E-state index in [9.17, 15) is 8.42 Å². The molecule has 0 aliphatic carbocycles. The molecule has 1 rings (SSSR count). The van der Waals surface area contributed by atoms with Crippen LogP contribution in [0.3, 0.4) is 0 Å². The number of sulfonamides is 1. The Morgan fingerprint density at radius 3 is 2.06 bits per heavy atom. The first kappa shape index (κ1) is 15.1. The maximum absolute atomic E-state index is 12.5. The van der Waals surface area contributed by atoms with E-state index in [-0.39, 0.29) is 13.2 Å². The van der Waals surface area contributed by atoms with Crippen molar-refractivity contribution in [1.29, 1.82) is 0 Å². The fourth-order valence-electron chi connectivity index (χ4n) is 2.26. The van der Waals surface area contributed by atoms with Gasteiger partial charge in [-0.25, -0.2) is 8.42 Å². The summed E-state index contributed by atoms with van der Waals surface area (Å²) in [4.78, 5) is 0.364. The number of benzene rings is 1. The van der Waals surface area contributed by atoms with E-state index in [1.54, 1.807) is 20.8 Å². The van der Waals surface area contributed by atoms with E-state index in [1.165, 1.54) is 4.31 Å². The molecule has 0 amide bonds. The smallest absolute Gasteiger partial charge is 0.243 e. The van der Waals surface area contributed by atoms with Gasteiger partial charge >= 0.3 is 0 Å². The lowest BCUT2D eigenvalue weighted by Crippen LogP contribution is -2.34. The zero-order valence-corrected chi connectivity index (χ0v) is 12.2. The third-order valence-corrected chi connectivity index (χ3v) is 5.19. The lowest BCUT2D eigenvalue weighted by molar-refractivity contribution is 0.257. The van der Waals surface area contributed by atoms with E-state index in [0.717, 1.165) is 16.7 Å². The van der Waals surface area contributed by atoms with Gasteiger partial charge in [-0.2, -0.15) is 4.31 Å². The van der Waals surface area contributed by atoms with Crippen LogP contribution in [0.4, 0.5) is 0 Å². The van der Waals surface area contributed by atoms with Gasteiger partial charge in [-0.05, 0) is 31.9 Å². The summed E-state index contributed by atoms with van der Waals surface area (Å²) in [6, 6.07) is 3.74. The van der Waals surface area contributed by atoms with Gasteiger partial charge in [0.1, 0.15) is 0 Å². The molecule has 1 aromatic carbocycles. The van der Waals surface area contributed by atoms with E-state index in [4.69, 9.17) is 5.11 Å². The zero-order chi connectivity index (χ0) is 13.9. The lowest BCUT2D eigenvalue weighted by atomic mass is 10.1. The minimum Gasteiger partial charge on any atom is -0.395 e. The molecule has 0 fully saturated rings. The molecule has 0 unspecified atom stereocenters. The van der Waals surface area contributed by atoms with Crippen molar-refractivity contribution in [3.63, 3.8) is 0 Å². The quantitative estimate of drug-likeness (QED) is 0.885. The van der Waals surface area contributed by atoms with Gasteiger partial charge in [-0.1, -0.05) is 24.6 Å². The van der Waals surface area contributed by atoms with Gasteiger partial charge < -0.3 is 5.11 Å². The van der Waals surface area contributed by atoms with E-state index in [1.807, 2.05) is 19.1 Å². The maximum atomic E-state index is 12.5. The van der Waals surface area contributed by atoms with Crippen molar-refractivity contribution in [2.75, 3.05) is 19.7 Å². The SMILES string of the molecule is CCN(CCO)S(=O)(=O)c1c(C)cc(C)cc1C. The predicted molar refractivity (Wildman–Crippen MR) is 72.2 cm³/mol. The molecular formula is C13H21NO3S. The number of aryl methyl sites for hydroxylation is 3. The lowest BCUT2D eigenvalue weighted by Gasteiger charge is -2.22. The predicted octanol–water partition coefficient (Wildman–Crippen LogP) is 1.61. The van der Waals surface area contributed by atoms with Crippen LogP contribution in [0, 0.1) is 20.8 Å². The molecule has 5 heteroatoms. The first-order valence-corrected chi connectivity index (χ1v) is 7.47. The molecule has 0 atom stereocenters. The van der Waals surface area contributed by atoms with E-state index in [2.05, 4.69) is 0 Å². The van der Waals surface area contributed by atoms with Crippen molar-refractivity contribution >= 4 is 10.0 Å². The minimum absolute atomic E-state index is 0.131. The zero-order valence-electron chi connectivity index (χ0n) is 11.4. The van der Waals surface area contributed by atoms with Crippen molar-refractivity contribution in [3.05, 3.63) is 28.8 Å². The Kier molecular flexibility index (Phi) is 4.90. The highest BCUT2D eigenvalue weighted by Gasteiger charge is 2.26. The van der Waals surface area contributed by atoms with Crippen LogP contribution in [0.15, 0.2) is 17.0 Å². The third-order valence-electron chi connectivity index (χ3n) is 2.90. The second-order valence-corrected chi connectivity index (χ2v) is 6.32. The number of aliphatic hydroxyl groups is 1. The molecule has 102 valence electrons. The average molecular weight is 271 g/mol. The fourth-order valence-corrected chi connectivity index (χ4v) is 4.11. The van der Waals surface area contributed by atoms with Crippen molar-refractivity contribution in [1.82, 2.24) is 4.31 Å². The highest BCUT2D eigenvalue weighted by atomic mass is 32.2. The molecule has 0 heterocycles. The number of rotatable bonds is 5. The summed E-state index contributed by atoms with van der Waals surface area (Å²) >= 11 is 0. The standard InChI is InChI=1S/C13H21NO3S/c1-5-14(6-7-15)18(16,17)13-11(3)8-10(2)9-12(13)4/h8-9,15H,5-7H2,1-4H3. The number of hydrogen-bond acceptors (Lipinski definition) is 3. The first-order valence-electron chi connectivity index (χ1n) is 6.03. The molecule has 0 aromatic heterocycles. The summed E-state index contributed by atoms with van der Waals surface area (Å²) in [6.45, 7) is 7.64. The number of likely N-dealkylation sites (N-methyl/N-ethyl adjacent to an activating group) is 1. The topological polar surface area (TPSA) is 57.6 Å². The van der Waals surface area contributed by atoms with Crippen LogP contribution in [0.25, 0.3) is 0 Å². The van der Waals surface area contributed by atoms with Crippen molar-refractivity contribution in [3.8, 4) is 0 Å². The highest BCUT2D eigenvalue weighted by Crippen LogP contribution is 2.24. The molecule has 1 aromatic rings. The van der Waals surface area contributed by atoms with Gasteiger partial charge in [-0.3, -0.25) is 0 Å². The fraction of sp³-hybridized carbons (Fsp3) is 0.538. The van der Waals surface area contributed by atoms with Crippen LogP contribution in [0.5, 0.6) is 0 Å². The third kappa shape index (κ3) is 2.91. The summed E-state index contributed by atoms with van der Waals surface area (Å²) < 4.78 is 26.3. The van der Waals surface area contributed by atoms with Gasteiger partial charge in [0.05, 0.1) is 11.5 Å². The van der Waals surface area contributed by atoms with Crippen LogP contribution in [-0.2, 0) is 10.0 Å². The Morgan fingerprint density at radius 1 is 1.17 bits per heavy atom. The summed E-state index contributed by atoms with van der Waals surface area (Å²) in [7, 11) is -3.52. The van der Waals surface area contributed by atoms with Crippen LogP contribution in [0.2, 0.25) is 0 Å². The second-order valence-electron chi connectivity index (χ2n) is 4.45. The van der Waals surface area contributed by atoms with Crippen LogP contribution >= 0.6 is 0 Å². The van der Waals surface area contributed by atoms with Crippen molar-refractivity contribution in [2.24, 2.45) is 0 Å². The normalized spacial score (nSPS) is 12.1. The van der Waals surface area contributed by atoms with E-state index >= 15 is 0 Å². The molecule has 0 saturated carbocycles. The monoisotopic (exact) mass is 271 g/mol. The average Bonchev–Trinajstić information content (AvgIpc) is 2.23. The number of nitrogens with zero attached hydrogens (tertiary/aromatic N) is 1. The molecule has 0 aliphatic rings. The summed E-state index contributed by atoms with van der Waals surface area (Å²) in [6.07, 6.45) is 0. The summed E-state index contributed by atoms with van der Waals surface area (Å²) in [5, 5.41) is 8.95. The minimum atomic E-state index is -3.52. The van der Waals surface area contributed by atoms with Gasteiger partial charge in [-0.15, -0.1) is 0 Å². The molecule has 1 N–H and O–H groups in total. The Bertz CT molecular complexity index is 500. The highest BCUT2D eigenvalue weighted by molar-refractivity contribution is 7.89. The van der Waals surface area contributed by atoms with Crippen molar-refractivity contribution in [2.45, 2.75) is 32.6 Å². The van der Waals surface area contributed by atoms with E-state index < -0.39 is 10.0 Å². The summed E-state index contributed by atoms with van der Waals surface area (Å²) in [5.41, 5.74) is 2.56. The van der Waals surface area contributed by atoms with Gasteiger partial charge in [0, 0.05) is 13.1 Å². The van der Waals surface area contributed by atoms with Gasteiger partial charge in [0.15, 0.2) is 0 Å². The Hall–Kier alpha value is -0.910. The molecule has 0 saturated heterocycles. The molecule has 0 radical (unpaired) electrons. The summed E-state index contributed by atoms with van der Waals surface area (Å²) in [5.74, 6) is 0. The van der Waals surface area contributed by atoms with Crippen LogP contribution in [0.1, 0.15) is 23.6 Å². The molecular weight excluding hydrogens is 250 g/mol. The molecule has 0 spiro atoms. The van der Waals surface area contributed by atoms with E-state index in [0.29, 0.717) is 11.4 Å². The molecule has 0 bridgehead atoms. The largest absolute Gasteiger partial charge is 0.395 e. The van der Waals surface area contributed by atoms with Crippen molar-refractivity contribution < 1.29 is 13.5 Å². The Balaban J connectivity index is 3.36. The Labute approximate surface area is 109 Å².